The second-order valence-electron chi connectivity index (χ2n) is 5.51. The molecular formula is C17H17N5O2. The van der Waals surface area contributed by atoms with Crippen molar-refractivity contribution >= 4 is 28.5 Å². The number of urea groups is 1. The molecule has 0 saturated carbocycles. The number of nitrogens with zero attached hydrogens (tertiary/aromatic N) is 3. The lowest BCUT2D eigenvalue weighted by molar-refractivity contribution is 0.262. The largest absolute Gasteiger partial charge is 0.464 e. The summed E-state index contributed by atoms with van der Waals surface area (Å²) in [5.41, 5.74) is 3.35. The van der Waals surface area contributed by atoms with E-state index in [2.05, 4.69) is 21.8 Å². The Bertz CT molecular complexity index is 932. The lowest BCUT2D eigenvalue weighted by Crippen LogP contribution is -2.19. The lowest BCUT2D eigenvalue weighted by atomic mass is 10.2. The summed E-state index contributed by atoms with van der Waals surface area (Å²) >= 11 is 0. The van der Waals surface area contributed by atoms with Gasteiger partial charge < -0.3 is 9.73 Å². The number of fused-ring (bicyclic) bond motifs is 1. The van der Waals surface area contributed by atoms with Crippen molar-refractivity contribution < 1.29 is 9.21 Å². The van der Waals surface area contributed by atoms with E-state index in [1.807, 2.05) is 26.0 Å². The smallest absolute Gasteiger partial charge is 0.324 e. The van der Waals surface area contributed by atoms with Gasteiger partial charge in [-0.3, -0.25) is 10.00 Å². The number of aryl methyl sites for hydroxylation is 3. The summed E-state index contributed by atoms with van der Waals surface area (Å²) in [6.45, 7) is 4.33. The van der Waals surface area contributed by atoms with Crippen LogP contribution in [0.15, 0.2) is 34.9 Å². The molecule has 24 heavy (non-hydrogen) atoms. The van der Waals surface area contributed by atoms with E-state index in [0.29, 0.717) is 24.5 Å². The molecule has 0 aliphatic heterocycles. The van der Waals surface area contributed by atoms with Gasteiger partial charge in [0.15, 0.2) is 5.82 Å². The average Bonchev–Trinajstić information content (AvgIpc) is 3.08. The average molecular weight is 323 g/mol. The van der Waals surface area contributed by atoms with Gasteiger partial charge in [0.2, 0.25) is 0 Å². The Balaban J connectivity index is 1.68. The number of aromatic nitrogens is 2. The Morgan fingerprint density at radius 1 is 1.33 bits per heavy atom. The summed E-state index contributed by atoms with van der Waals surface area (Å²) in [7, 11) is 0. The number of benzene rings is 1. The highest BCUT2D eigenvalue weighted by atomic mass is 16.3. The Hall–Kier alpha value is -3.27. The molecule has 0 atom stereocenters. The van der Waals surface area contributed by atoms with Gasteiger partial charge in [0.1, 0.15) is 5.58 Å². The first-order valence-electron chi connectivity index (χ1n) is 7.54. The molecule has 1 aromatic carbocycles. The highest BCUT2D eigenvalue weighted by molar-refractivity contribution is 6.00. The summed E-state index contributed by atoms with van der Waals surface area (Å²) in [6, 6.07) is 8.93. The minimum absolute atomic E-state index is 0.373. The maximum atomic E-state index is 12.1. The fourth-order valence-electron chi connectivity index (χ4n) is 2.47. The highest BCUT2D eigenvalue weighted by Crippen LogP contribution is 2.24. The number of nitriles is 1. The van der Waals surface area contributed by atoms with Crippen molar-refractivity contribution in [2.45, 2.75) is 26.8 Å². The number of hydrogen-bond donors (Lipinski definition) is 2. The van der Waals surface area contributed by atoms with Crippen LogP contribution in [0, 0.1) is 25.2 Å². The molecule has 7 nitrogen and oxygen atoms in total. The predicted molar refractivity (Wildman–Crippen MR) is 90.8 cm³/mol. The fraction of sp³-hybridized carbons (Fsp3) is 0.235. The van der Waals surface area contributed by atoms with E-state index in [0.717, 1.165) is 22.2 Å². The SMILES string of the molecule is Cc1coc2ccc(NC(=O)Nc3cc(C)n(CCC#N)n3)cc12. The van der Waals surface area contributed by atoms with Crippen molar-refractivity contribution in [3.63, 3.8) is 0 Å². The summed E-state index contributed by atoms with van der Waals surface area (Å²) in [4.78, 5) is 12.1. The number of nitrogens with one attached hydrogen (secondary N) is 2. The van der Waals surface area contributed by atoms with Crippen LogP contribution in [0.2, 0.25) is 0 Å². The number of carbonyl (C=O) groups excluding carboxylic acids is 1. The number of anilines is 2. The summed E-state index contributed by atoms with van der Waals surface area (Å²) in [5.74, 6) is 0.448. The maximum absolute atomic E-state index is 12.1. The second kappa shape index (κ2) is 6.46. The van der Waals surface area contributed by atoms with Crippen molar-refractivity contribution in [3.8, 4) is 6.07 Å². The first-order valence-corrected chi connectivity index (χ1v) is 7.54. The topological polar surface area (TPSA) is 95.9 Å². The van der Waals surface area contributed by atoms with Crippen LogP contribution in [0.1, 0.15) is 17.7 Å². The van der Waals surface area contributed by atoms with E-state index >= 15 is 0 Å². The van der Waals surface area contributed by atoms with Crippen molar-refractivity contribution in [3.05, 3.63) is 41.8 Å². The van der Waals surface area contributed by atoms with Crippen molar-refractivity contribution in [2.24, 2.45) is 0 Å². The molecule has 7 heteroatoms. The molecule has 0 saturated heterocycles. The van der Waals surface area contributed by atoms with E-state index < -0.39 is 0 Å². The molecule has 0 spiro atoms. The number of furan rings is 1. The lowest BCUT2D eigenvalue weighted by Gasteiger charge is -2.06. The van der Waals surface area contributed by atoms with Crippen LogP contribution in [0.25, 0.3) is 11.0 Å². The van der Waals surface area contributed by atoms with Gasteiger partial charge in [-0.15, -0.1) is 0 Å². The maximum Gasteiger partial charge on any atom is 0.324 e. The van der Waals surface area contributed by atoms with Crippen LogP contribution in [0.3, 0.4) is 0 Å². The predicted octanol–water partition coefficient (Wildman–Crippen LogP) is 3.80. The third-order valence-electron chi connectivity index (χ3n) is 3.68. The summed E-state index contributed by atoms with van der Waals surface area (Å²) in [6.07, 6.45) is 2.06. The quantitative estimate of drug-likeness (QED) is 0.763. The number of hydrogen-bond acceptors (Lipinski definition) is 4. The van der Waals surface area contributed by atoms with Gasteiger partial charge in [0, 0.05) is 22.8 Å². The third kappa shape index (κ3) is 3.22. The van der Waals surface area contributed by atoms with Crippen molar-refractivity contribution in [2.75, 3.05) is 10.6 Å². The Labute approximate surface area is 138 Å². The highest BCUT2D eigenvalue weighted by Gasteiger charge is 2.09. The molecular weight excluding hydrogens is 306 g/mol. The summed E-state index contributed by atoms with van der Waals surface area (Å²) in [5, 5.41) is 19.3. The Morgan fingerprint density at radius 2 is 2.17 bits per heavy atom. The molecule has 122 valence electrons. The van der Waals surface area contributed by atoms with E-state index in [4.69, 9.17) is 9.68 Å². The Morgan fingerprint density at radius 3 is 2.96 bits per heavy atom. The van der Waals surface area contributed by atoms with Gasteiger partial charge in [0.25, 0.3) is 0 Å². The van der Waals surface area contributed by atoms with E-state index in [1.165, 1.54) is 0 Å². The number of carbonyl (C=O) groups is 1. The Kier molecular flexibility index (Phi) is 4.20. The van der Waals surface area contributed by atoms with Crippen LogP contribution in [0.4, 0.5) is 16.3 Å². The van der Waals surface area contributed by atoms with Gasteiger partial charge in [-0.25, -0.2) is 4.79 Å². The van der Waals surface area contributed by atoms with Crippen LogP contribution in [0.5, 0.6) is 0 Å². The number of rotatable bonds is 4. The molecule has 0 radical (unpaired) electrons. The second-order valence-corrected chi connectivity index (χ2v) is 5.51. The van der Waals surface area contributed by atoms with Gasteiger partial charge >= 0.3 is 6.03 Å². The minimum Gasteiger partial charge on any atom is -0.464 e. The van der Waals surface area contributed by atoms with Gasteiger partial charge in [-0.05, 0) is 37.6 Å². The molecule has 0 aliphatic carbocycles. The fourth-order valence-corrected chi connectivity index (χ4v) is 2.47. The van der Waals surface area contributed by atoms with E-state index in [9.17, 15) is 4.79 Å². The minimum atomic E-state index is -0.375. The van der Waals surface area contributed by atoms with Gasteiger partial charge in [-0.2, -0.15) is 10.4 Å². The molecule has 3 rings (SSSR count). The standard InChI is InChI=1S/C17H17N5O2/c1-11-10-24-15-5-4-13(9-14(11)15)19-17(23)20-16-8-12(2)22(21-16)7-3-6-18/h4-5,8-10H,3,7H2,1-2H3,(H2,19,20,21,23). The first kappa shape index (κ1) is 15.6. The van der Waals surface area contributed by atoms with Crippen molar-refractivity contribution in [1.29, 1.82) is 5.26 Å². The van der Waals surface area contributed by atoms with E-state index in [-0.39, 0.29) is 6.03 Å². The molecule has 3 aromatic rings. The third-order valence-corrected chi connectivity index (χ3v) is 3.68. The monoisotopic (exact) mass is 323 g/mol. The van der Waals surface area contributed by atoms with Crippen LogP contribution in [-0.2, 0) is 6.54 Å². The van der Waals surface area contributed by atoms with Crippen LogP contribution < -0.4 is 10.6 Å². The normalized spacial score (nSPS) is 10.5. The molecule has 2 N–H and O–H groups in total. The van der Waals surface area contributed by atoms with Gasteiger partial charge in [0.05, 0.1) is 25.3 Å². The van der Waals surface area contributed by atoms with Crippen LogP contribution >= 0.6 is 0 Å². The number of amides is 2. The molecule has 2 amide bonds. The molecule has 0 bridgehead atoms. The molecule has 0 aliphatic rings. The van der Waals surface area contributed by atoms with Gasteiger partial charge in [-0.1, -0.05) is 0 Å². The van der Waals surface area contributed by atoms with E-state index in [1.54, 1.807) is 23.1 Å². The molecule has 0 fully saturated rings. The summed E-state index contributed by atoms with van der Waals surface area (Å²) < 4.78 is 7.08. The first-order chi connectivity index (χ1) is 11.6. The molecule has 2 heterocycles. The van der Waals surface area contributed by atoms with Crippen molar-refractivity contribution in [1.82, 2.24) is 9.78 Å². The van der Waals surface area contributed by atoms with Crippen LogP contribution in [-0.4, -0.2) is 15.8 Å². The zero-order valence-electron chi connectivity index (χ0n) is 13.5. The molecule has 0 unspecified atom stereocenters. The molecule has 2 aromatic heterocycles. The zero-order chi connectivity index (χ0) is 17.1. The zero-order valence-corrected chi connectivity index (χ0v) is 13.5.